The number of pyridine rings is 1. The topological polar surface area (TPSA) is 45.6 Å². The molecule has 0 radical (unpaired) electrons. The third-order valence-corrected chi connectivity index (χ3v) is 6.60. The molecule has 0 spiro atoms. The lowest BCUT2D eigenvalue weighted by Gasteiger charge is -2.30. The second-order valence-electron chi connectivity index (χ2n) is 7.92. The molecule has 26 heavy (non-hydrogen) atoms. The van der Waals surface area contributed by atoms with Gasteiger partial charge in [0.25, 0.3) is 0 Å². The van der Waals surface area contributed by atoms with Crippen LogP contribution < -0.4 is 4.74 Å². The van der Waals surface area contributed by atoms with E-state index >= 15 is 0 Å². The molecule has 0 amide bonds. The highest BCUT2D eigenvalue weighted by Crippen LogP contribution is 2.50. The summed E-state index contributed by atoms with van der Waals surface area (Å²) >= 11 is 0. The molecule has 1 aliphatic heterocycles. The van der Waals surface area contributed by atoms with Gasteiger partial charge in [-0.1, -0.05) is 12.1 Å². The van der Waals surface area contributed by atoms with Gasteiger partial charge < -0.3 is 9.84 Å². The van der Waals surface area contributed by atoms with E-state index in [2.05, 4.69) is 35.9 Å². The summed E-state index contributed by atoms with van der Waals surface area (Å²) in [6.45, 7) is 7.22. The van der Waals surface area contributed by atoms with E-state index in [0.717, 1.165) is 43.9 Å². The summed E-state index contributed by atoms with van der Waals surface area (Å²) < 4.78 is 5.43. The average molecular weight is 352 g/mol. The molecule has 2 heterocycles. The predicted octanol–water partition coefficient (Wildman–Crippen LogP) is 3.44. The summed E-state index contributed by atoms with van der Waals surface area (Å²) in [5.41, 5.74) is 3.94. The molecule has 4 rings (SSSR count). The van der Waals surface area contributed by atoms with Crippen molar-refractivity contribution in [1.29, 1.82) is 0 Å². The smallest absolute Gasteiger partial charge is 0.122 e. The number of nitrogens with zero attached hydrogens (tertiary/aromatic N) is 2. The van der Waals surface area contributed by atoms with Crippen molar-refractivity contribution in [1.82, 2.24) is 9.88 Å². The van der Waals surface area contributed by atoms with Crippen molar-refractivity contribution >= 4 is 0 Å². The molecule has 138 valence electrons. The van der Waals surface area contributed by atoms with Crippen LogP contribution in [0.5, 0.6) is 5.75 Å². The molecule has 1 saturated heterocycles. The van der Waals surface area contributed by atoms with E-state index in [1.165, 1.54) is 16.7 Å². The number of hydrogen-bond donors (Lipinski definition) is 1. The van der Waals surface area contributed by atoms with E-state index in [1.54, 1.807) is 13.3 Å². The lowest BCUT2D eigenvalue weighted by atomic mass is 9.85. The van der Waals surface area contributed by atoms with Gasteiger partial charge in [0.1, 0.15) is 11.4 Å². The van der Waals surface area contributed by atoms with Gasteiger partial charge in [-0.05, 0) is 67.5 Å². The van der Waals surface area contributed by atoms with Gasteiger partial charge in [-0.2, -0.15) is 0 Å². The zero-order valence-corrected chi connectivity index (χ0v) is 15.9. The summed E-state index contributed by atoms with van der Waals surface area (Å²) in [6, 6.07) is 10.1. The molecule has 0 unspecified atom stereocenters. The van der Waals surface area contributed by atoms with Crippen LogP contribution in [-0.4, -0.2) is 35.2 Å². The van der Waals surface area contributed by atoms with E-state index in [-0.39, 0.29) is 5.92 Å². The first-order valence-electron chi connectivity index (χ1n) is 9.52. The molecule has 2 aliphatic rings. The number of ether oxygens (including phenoxy) is 1. The molecule has 1 saturated carbocycles. The summed E-state index contributed by atoms with van der Waals surface area (Å²) in [4.78, 5) is 6.96. The number of methoxy groups -OCH3 is 1. The van der Waals surface area contributed by atoms with Crippen molar-refractivity contribution in [2.75, 3.05) is 20.2 Å². The highest BCUT2D eigenvalue weighted by atomic mass is 16.5. The van der Waals surface area contributed by atoms with Gasteiger partial charge in [0, 0.05) is 31.7 Å². The van der Waals surface area contributed by atoms with E-state index in [9.17, 15) is 5.11 Å². The Hall–Kier alpha value is -1.91. The molecule has 1 aromatic heterocycles. The molecule has 2 fully saturated rings. The molecule has 1 aromatic carbocycles. The molecule has 2 aromatic rings. The number of aliphatic hydroxyl groups is 1. The first-order valence-corrected chi connectivity index (χ1v) is 9.52. The third-order valence-electron chi connectivity index (χ3n) is 6.60. The summed E-state index contributed by atoms with van der Waals surface area (Å²) in [5.74, 6) is 1.78. The Labute approximate surface area is 155 Å². The summed E-state index contributed by atoms with van der Waals surface area (Å²) in [6.07, 6.45) is 3.69. The number of benzene rings is 1. The van der Waals surface area contributed by atoms with Crippen LogP contribution in [0.1, 0.15) is 35.2 Å². The highest BCUT2D eigenvalue weighted by molar-refractivity contribution is 5.43. The third kappa shape index (κ3) is 2.81. The van der Waals surface area contributed by atoms with Gasteiger partial charge in [-0.15, -0.1) is 0 Å². The maximum atomic E-state index is 11.4. The second-order valence-corrected chi connectivity index (χ2v) is 7.92. The monoisotopic (exact) mass is 352 g/mol. The van der Waals surface area contributed by atoms with Crippen molar-refractivity contribution in [2.24, 2.45) is 11.8 Å². The van der Waals surface area contributed by atoms with Gasteiger partial charge >= 0.3 is 0 Å². The lowest BCUT2D eigenvalue weighted by Crippen LogP contribution is -2.35. The Morgan fingerprint density at radius 2 is 2.04 bits per heavy atom. The minimum Gasteiger partial charge on any atom is -0.496 e. The SMILES string of the molecule is COc1ccc(CN2C[C@@H]3CC[C@@](O)(c4ccccn4)[C@@H]3C2)c(C)c1C. The van der Waals surface area contributed by atoms with Gasteiger partial charge in [0.2, 0.25) is 0 Å². The van der Waals surface area contributed by atoms with E-state index in [0.29, 0.717) is 5.92 Å². The Bertz CT molecular complexity index is 792. The maximum Gasteiger partial charge on any atom is 0.122 e. The molecular formula is C22H28N2O2. The first kappa shape index (κ1) is 17.5. The zero-order valence-electron chi connectivity index (χ0n) is 15.9. The van der Waals surface area contributed by atoms with Crippen LogP contribution >= 0.6 is 0 Å². The normalized spacial score (nSPS) is 28.3. The van der Waals surface area contributed by atoms with E-state index in [1.807, 2.05) is 18.2 Å². The van der Waals surface area contributed by atoms with Crippen molar-refractivity contribution in [3.63, 3.8) is 0 Å². The van der Waals surface area contributed by atoms with Gasteiger partial charge in [0.15, 0.2) is 0 Å². The van der Waals surface area contributed by atoms with Crippen LogP contribution in [0, 0.1) is 25.7 Å². The fourth-order valence-corrected chi connectivity index (χ4v) is 4.94. The Balaban J connectivity index is 1.52. The minimum atomic E-state index is -0.772. The molecule has 1 aliphatic carbocycles. The quantitative estimate of drug-likeness (QED) is 0.916. The van der Waals surface area contributed by atoms with Crippen LogP contribution in [0.25, 0.3) is 0 Å². The van der Waals surface area contributed by atoms with Crippen molar-refractivity contribution in [2.45, 2.75) is 38.8 Å². The standard InChI is InChI=1S/C22H28N2O2/c1-15-16(2)20(26-3)8-7-17(15)12-24-13-18-9-10-22(25,19(18)14-24)21-6-4-5-11-23-21/h4-8,11,18-19,25H,9-10,12-14H2,1-3H3/t18-,19+,22-/m0/s1. The van der Waals surface area contributed by atoms with Crippen molar-refractivity contribution < 1.29 is 9.84 Å². The average Bonchev–Trinajstić information content (AvgIpc) is 3.20. The van der Waals surface area contributed by atoms with Gasteiger partial charge in [0.05, 0.1) is 12.8 Å². The van der Waals surface area contributed by atoms with Crippen molar-refractivity contribution in [3.8, 4) is 5.75 Å². The predicted molar refractivity (Wildman–Crippen MR) is 102 cm³/mol. The van der Waals surface area contributed by atoms with Gasteiger partial charge in [-0.25, -0.2) is 0 Å². The Morgan fingerprint density at radius 3 is 2.77 bits per heavy atom. The summed E-state index contributed by atoms with van der Waals surface area (Å²) in [7, 11) is 1.72. The largest absolute Gasteiger partial charge is 0.496 e. The van der Waals surface area contributed by atoms with Crippen LogP contribution in [0.3, 0.4) is 0 Å². The number of rotatable bonds is 4. The van der Waals surface area contributed by atoms with Crippen molar-refractivity contribution in [3.05, 3.63) is 58.9 Å². The Morgan fingerprint density at radius 1 is 1.19 bits per heavy atom. The fraction of sp³-hybridized carbons (Fsp3) is 0.500. The second kappa shape index (κ2) is 6.67. The number of fused-ring (bicyclic) bond motifs is 1. The molecular weight excluding hydrogens is 324 g/mol. The van der Waals surface area contributed by atoms with Crippen LogP contribution in [0.4, 0.5) is 0 Å². The molecule has 0 bridgehead atoms. The maximum absolute atomic E-state index is 11.4. The van der Waals surface area contributed by atoms with Crippen LogP contribution in [0.15, 0.2) is 36.5 Å². The molecule has 4 nitrogen and oxygen atoms in total. The molecule has 4 heteroatoms. The van der Waals surface area contributed by atoms with Crippen LogP contribution in [0.2, 0.25) is 0 Å². The van der Waals surface area contributed by atoms with Crippen LogP contribution in [-0.2, 0) is 12.1 Å². The molecule has 3 atom stereocenters. The number of likely N-dealkylation sites (tertiary alicyclic amines) is 1. The highest BCUT2D eigenvalue weighted by Gasteiger charge is 2.52. The van der Waals surface area contributed by atoms with Gasteiger partial charge in [-0.3, -0.25) is 9.88 Å². The lowest BCUT2D eigenvalue weighted by molar-refractivity contribution is -0.0108. The minimum absolute atomic E-state index is 0.275. The van der Waals surface area contributed by atoms with E-state index < -0.39 is 5.60 Å². The van der Waals surface area contributed by atoms with E-state index in [4.69, 9.17) is 4.74 Å². The number of hydrogen-bond acceptors (Lipinski definition) is 4. The first-order chi connectivity index (χ1) is 12.5. The molecule has 1 N–H and O–H groups in total. The zero-order chi connectivity index (χ0) is 18.3. The number of aromatic nitrogens is 1. The fourth-order valence-electron chi connectivity index (χ4n) is 4.94. The summed E-state index contributed by atoms with van der Waals surface area (Å²) in [5, 5.41) is 11.4. The Kier molecular flexibility index (Phi) is 4.49.